The van der Waals surface area contributed by atoms with E-state index in [0.717, 1.165) is 25.8 Å². The molecule has 118 valence electrons. The van der Waals surface area contributed by atoms with Gasteiger partial charge in [0, 0.05) is 12.1 Å². The van der Waals surface area contributed by atoms with Gasteiger partial charge in [-0.15, -0.1) is 0 Å². The third kappa shape index (κ3) is 3.81. The number of halogens is 1. The molecule has 0 saturated carbocycles. The first-order chi connectivity index (χ1) is 9.81. The number of aryl methyl sites for hydroxylation is 2. The predicted octanol–water partition coefficient (Wildman–Crippen LogP) is 2.25. The first-order valence-corrected chi connectivity index (χ1v) is 8.82. The van der Waals surface area contributed by atoms with Gasteiger partial charge < -0.3 is 5.32 Å². The molecule has 1 aromatic carbocycles. The van der Waals surface area contributed by atoms with Gasteiger partial charge >= 0.3 is 0 Å². The van der Waals surface area contributed by atoms with Crippen LogP contribution in [0.3, 0.4) is 0 Å². The zero-order valence-corrected chi connectivity index (χ0v) is 13.6. The van der Waals surface area contributed by atoms with Crippen LogP contribution in [0, 0.1) is 19.7 Å². The van der Waals surface area contributed by atoms with E-state index in [2.05, 4.69) is 10.0 Å². The molecule has 4 nitrogen and oxygen atoms in total. The minimum Gasteiger partial charge on any atom is -0.312 e. The van der Waals surface area contributed by atoms with Gasteiger partial charge in [-0.05, 0) is 63.4 Å². The molecule has 0 bridgehead atoms. The monoisotopic (exact) mass is 314 g/mol. The van der Waals surface area contributed by atoms with E-state index in [1.807, 2.05) is 6.92 Å². The lowest BCUT2D eigenvalue weighted by molar-refractivity contribution is 0.347. The SMILES string of the molecule is Cc1cc(F)cc(C)c1S(=O)(=O)NC(C)C1CCCCN1. The molecule has 0 aliphatic carbocycles. The first kappa shape index (κ1) is 16.4. The number of benzene rings is 1. The summed E-state index contributed by atoms with van der Waals surface area (Å²) in [6, 6.07) is 2.46. The van der Waals surface area contributed by atoms with Crippen molar-refractivity contribution >= 4 is 10.0 Å². The molecule has 1 aliphatic rings. The van der Waals surface area contributed by atoms with E-state index < -0.39 is 15.8 Å². The number of hydrogen-bond donors (Lipinski definition) is 2. The standard InChI is InChI=1S/C15H23FN2O2S/c1-10-8-13(16)9-11(2)15(10)21(19,20)18-12(3)14-6-4-5-7-17-14/h8-9,12,14,17-18H,4-7H2,1-3H3. The maximum atomic E-state index is 13.3. The highest BCUT2D eigenvalue weighted by molar-refractivity contribution is 7.89. The van der Waals surface area contributed by atoms with Gasteiger partial charge in [-0.25, -0.2) is 17.5 Å². The summed E-state index contributed by atoms with van der Waals surface area (Å²) in [6.07, 6.45) is 3.20. The van der Waals surface area contributed by atoms with Crippen molar-refractivity contribution in [1.82, 2.24) is 10.0 Å². The fourth-order valence-corrected chi connectivity index (χ4v) is 4.75. The van der Waals surface area contributed by atoms with E-state index in [1.54, 1.807) is 13.8 Å². The molecule has 0 spiro atoms. The molecule has 1 fully saturated rings. The topological polar surface area (TPSA) is 58.2 Å². The molecule has 0 radical (unpaired) electrons. The van der Waals surface area contributed by atoms with Crippen LogP contribution in [-0.4, -0.2) is 27.0 Å². The second-order valence-corrected chi connectivity index (χ2v) is 7.49. The molecule has 21 heavy (non-hydrogen) atoms. The Bertz CT molecular complexity index is 587. The Hall–Kier alpha value is -0.980. The third-order valence-electron chi connectivity index (χ3n) is 3.99. The maximum absolute atomic E-state index is 13.3. The molecule has 2 rings (SSSR count). The summed E-state index contributed by atoms with van der Waals surface area (Å²) in [6.45, 7) is 6.03. The van der Waals surface area contributed by atoms with E-state index >= 15 is 0 Å². The summed E-state index contributed by atoms with van der Waals surface area (Å²) in [7, 11) is -3.64. The van der Waals surface area contributed by atoms with E-state index in [9.17, 15) is 12.8 Å². The summed E-state index contributed by atoms with van der Waals surface area (Å²) in [5.41, 5.74) is 0.868. The van der Waals surface area contributed by atoms with Crippen molar-refractivity contribution in [1.29, 1.82) is 0 Å². The zero-order chi connectivity index (χ0) is 15.6. The highest BCUT2D eigenvalue weighted by Gasteiger charge is 2.27. The van der Waals surface area contributed by atoms with Crippen molar-refractivity contribution in [3.05, 3.63) is 29.1 Å². The Morgan fingerprint density at radius 3 is 2.43 bits per heavy atom. The lowest BCUT2D eigenvalue weighted by atomic mass is 10.00. The van der Waals surface area contributed by atoms with Crippen molar-refractivity contribution < 1.29 is 12.8 Å². The Balaban J connectivity index is 2.22. The molecule has 6 heteroatoms. The summed E-state index contributed by atoms with van der Waals surface area (Å²) in [5.74, 6) is -0.411. The summed E-state index contributed by atoms with van der Waals surface area (Å²) < 4.78 is 41.2. The molecule has 2 N–H and O–H groups in total. The average Bonchev–Trinajstić information content (AvgIpc) is 2.37. The summed E-state index contributed by atoms with van der Waals surface area (Å²) in [4.78, 5) is 0.187. The van der Waals surface area contributed by atoms with Crippen LogP contribution < -0.4 is 10.0 Å². The fourth-order valence-electron chi connectivity index (χ4n) is 3.01. The number of rotatable bonds is 4. The second-order valence-electron chi connectivity index (χ2n) is 5.84. The van der Waals surface area contributed by atoms with Crippen LogP contribution in [0.15, 0.2) is 17.0 Å². The quantitative estimate of drug-likeness (QED) is 0.896. The van der Waals surface area contributed by atoms with Crippen molar-refractivity contribution in [2.75, 3.05) is 6.54 Å². The van der Waals surface area contributed by atoms with Gasteiger partial charge in [0.2, 0.25) is 10.0 Å². The van der Waals surface area contributed by atoms with E-state index in [4.69, 9.17) is 0 Å². The summed E-state index contributed by atoms with van der Waals surface area (Å²) in [5, 5.41) is 3.34. The maximum Gasteiger partial charge on any atom is 0.241 e. The average molecular weight is 314 g/mol. The Labute approximate surface area is 126 Å². The lowest BCUT2D eigenvalue weighted by Gasteiger charge is -2.29. The number of nitrogens with one attached hydrogen (secondary N) is 2. The Morgan fingerprint density at radius 1 is 1.29 bits per heavy atom. The highest BCUT2D eigenvalue weighted by atomic mass is 32.2. The number of sulfonamides is 1. The van der Waals surface area contributed by atoms with Crippen LogP contribution in [0.2, 0.25) is 0 Å². The van der Waals surface area contributed by atoms with Gasteiger partial charge in [-0.3, -0.25) is 0 Å². The van der Waals surface area contributed by atoms with Gasteiger partial charge in [-0.1, -0.05) is 6.42 Å². The van der Waals surface area contributed by atoms with Crippen molar-refractivity contribution in [2.24, 2.45) is 0 Å². The zero-order valence-electron chi connectivity index (χ0n) is 12.7. The molecule has 1 saturated heterocycles. The molecular formula is C15H23FN2O2S. The van der Waals surface area contributed by atoms with Gasteiger partial charge in [0.1, 0.15) is 5.82 Å². The lowest BCUT2D eigenvalue weighted by Crippen LogP contribution is -2.50. The van der Waals surface area contributed by atoms with Crippen LogP contribution in [-0.2, 0) is 10.0 Å². The third-order valence-corrected chi connectivity index (χ3v) is 5.85. The van der Waals surface area contributed by atoms with Gasteiger partial charge in [0.05, 0.1) is 4.90 Å². The molecule has 1 aliphatic heterocycles. The van der Waals surface area contributed by atoms with Crippen molar-refractivity contribution in [2.45, 2.75) is 57.0 Å². The summed E-state index contributed by atoms with van der Waals surface area (Å²) >= 11 is 0. The van der Waals surface area contributed by atoms with Crippen LogP contribution in [0.5, 0.6) is 0 Å². The minimum absolute atomic E-state index is 0.148. The van der Waals surface area contributed by atoms with Crippen molar-refractivity contribution in [3.63, 3.8) is 0 Å². The predicted molar refractivity (Wildman–Crippen MR) is 81.3 cm³/mol. The molecule has 1 heterocycles. The van der Waals surface area contributed by atoms with E-state index in [1.165, 1.54) is 12.1 Å². The molecule has 1 aromatic rings. The van der Waals surface area contributed by atoms with E-state index in [0.29, 0.717) is 11.1 Å². The number of piperidine rings is 1. The molecular weight excluding hydrogens is 291 g/mol. The smallest absolute Gasteiger partial charge is 0.241 e. The van der Waals surface area contributed by atoms with Gasteiger partial charge in [0.25, 0.3) is 0 Å². The van der Waals surface area contributed by atoms with Crippen LogP contribution in [0.25, 0.3) is 0 Å². The fraction of sp³-hybridized carbons (Fsp3) is 0.600. The van der Waals surface area contributed by atoms with Crippen LogP contribution >= 0.6 is 0 Å². The first-order valence-electron chi connectivity index (χ1n) is 7.34. The van der Waals surface area contributed by atoms with Gasteiger partial charge in [-0.2, -0.15) is 0 Å². The Morgan fingerprint density at radius 2 is 1.90 bits per heavy atom. The molecule has 0 aromatic heterocycles. The highest BCUT2D eigenvalue weighted by Crippen LogP contribution is 2.22. The second kappa shape index (κ2) is 6.42. The van der Waals surface area contributed by atoms with E-state index in [-0.39, 0.29) is 17.0 Å². The molecule has 2 unspecified atom stereocenters. The largest absolute Gasteiger partial charge is 0.312 e. The minimum atomic E-state index is -3.64. The molecule has 0 amide bonds. The molecule has 2 atom stereocenters. The Kier molecular flexibility index (Phi) is 5.01. The van der Waals surface area contributed by atoms with Crippen molar-refractivity contribution in [3.8, 4) is 0 Å². The normalized spacial score (nSPS) is 21.2. The number of hydrogen-bond acceptors (Lipinski definition) is 3. The van der Waals surface area contributed by atoms with Crippen LogP contribution in [0.4, 0.5) is 4.39 Å². The van der Waals surface area contributed by atoms with Gasteiger partial charge in [0.15, 0.2) is 0 Å². The van der Waals surface area contributed by atoms with Crippen LogP contribution in [0.1, 0.15) is 37.3 Å².